The van der Waals surface area contributed by atoms with Gasteiger partial charge in [0, 0.05) is 32.2 Å². The van der Waals surface area contributed by atoms with Crippen LogP contribution in [-0.4, -0.2) is 49.8 Å². The van der Waals surface area contributed by atoms with Gasteiger partial charge in [-0.1, -0.05) is 37.6 Å². The summed E-state index contributed by atoms with van der Waals surface area (Å²) in [6.45, 7) is 7.94. The molecule has 9 heteroatoms. The topological polar surface area (TPSA) is 77.1 Å². The van der Waals surface area contributed by atoms with Crippen LogP contribution in [0.25, 0.3) is 11.2 Å². The number of hydrogen-bond acceptors (Lipinski definition) is 5. The molecule has 0 aliphatic rings. The molecule has 0 aliphatic heterocycles. The van der Waals surface area contributed by atoms with Crippen LogP contribution in [0, 0.1) is 0 Å². The number of nitrogens with one attached hydrogen (secondary N) is 1. The molecule has 1 N–H and O–H groups in total. The van der Waals surface area contributed by atoms with E-state index in [1.54, 1.807) is 30.8 Å². The molecule has 8 nitrogen and oxygen atoms in total. The Labute approximate surface area is 174 Å². The molecule has 3 rings (SSSR count). The monoisotopic (exact) mass is 418 g/mol. The first-order valence-corrected chi connectivity index (χ1v) is 10.1. The smallest absolute Gasteiger partial charge is 0.332 e. The Hall–Kier alpha value is -2.58. The number of aromatic nitrogens is 4. The second kappa shape index (κ2) is 8.84. The van der Waals surface area contributed by atoms with Gasteiger partial charge < -0.3 is 14.8 Å². The lowest BCUT2D eigenvalue weighted by atomic mass is 10.2. The van der Waals surface area contributed by atoms with E-state index in [1.807, 2.05) is 12.1 Å². The SMILES string of the molecule is CCN(CC)CCNc1nc2c(c(=O)n(Cc3ccc(Cl)cc3)c(=O)n2C)n1C. The molecule has 0 saturated heterocycles. The molecular weight excluding hydrogens is 392 g/mol. The molecule has 2 aromatic heterocycles. The van der Waals surface area contributed by atoms with E-state index >= 15 is 0 Å². The number of hydrogen-bond donors (Lipinski definition) is 1. The first kappa shape index (κ1) is 21.1. The lowest BCUT2D eigenvalue weighted by molar-refractivity contribution is 0.315. The van der Waals surface area contributed by atoms with Crippen molar-refractivity contribution in [2.24, 2.45) is 14.1 Å². The molecule has 0 bridgehead atoms. The quantitative estimate of drug-likeness (QED) is 0.604. The van der Waals surface area contributed by atoms with E-state index in [-0.39, 0.29) is 12.1 Å². The maximum absolute atomic E-state index is 13.1. The molecular formula is C20H27ClN6O2. The van der Waals surface area contributed by atoms with Crippen molar-refractivity contribution in [2.45, 2.75) is 20.4 Å². The highest BCUT2D eigenvalue weighted by atomic mass is 35.5. The summed E-state index contributed by atoms with van der Waals surface area (Å²) in [6, 6.07) is 7.10. The van der Waals surface area contributed by atoms with Crippen molar-refractivity contribution >= 4 is 28.7 Å². The molecule has 0 aliphatic carbocycles. The number of halogens is 1. The highest BCUT2D eigenvalue weighted by molar-refractivity contribution is 6.30. The maximum atomic E-state index is 13.1. The van der Waals surface area contributed by atoms with Crippen LogP contribution in [0.15, 0.2) is 33.9 Å². The van der Waals surface area contributed by atoms with E-state index in [1.165, 1.54) is 9.13 Å². The van der Waals surface area contributed by atoms with Gasteiger partial charge in [0.05, 0.1) is 6.54 Å². The van der Waals surface area contributed by atoms with E-state index in [0.29, 0.717) is 28.7 Å². The van der Waals surface area contributed by atoms with Gasteiger partial charge in [0.2, 0.25) is 5.95 Å². The van der Waals surface area contributed by atoms with Crippen molar-refractivity contribution < 1.29 is 0 Å². The Morgan fingerprint density at radius 1 is 1.07 bits per heavy atom. The van der Waals surface area contributed by atoms with Crippen molar-refractivity contribution in [2.75, 3.05) is 31.5 Å². The van der Waals surface area contributed by atoms with Crippen LogP contribution in [0.1, 0.15) is 19.4 Å². The number of aryl methyl sites for hydroxylation is 2. The van der Waals surface area contributed by atoms with Crippen LogP contribution in [-0.2, 0) is 20.6 Å². The summed E-state index contributed by atoms with van der Waals surface area (Å²) >= 11 is 5.93. The van der Waals surface area contributed by atoms with Gasteiger partial charge in [-0.15, -0.1) is 0 Å². The van der Waals surface area contributed by atoms with E-state index in [0.717, 1.165) is 25.2 Å². The zero-order valence-corrected chi connectivity index (χ0v) is 18.0. The standard InChI is InChI=1S/C20H27ClN6O2/c1-5-26(6-2)12-11-22-19-23-17-16(24(19)3)18(28)27(20(29)25(17)4)13-14-7-9-15(21)10-8-14/h7-10H,5-6,11-13H2,1-4H3,(H,22,23). The summed E-state index contributed by atoms with van der Waals surface area (Å²) in [5.41, 5.74) is 0.842. The maximum Gasteiger partial charge on any atom is 0.332 e. The fraction of sp³-hybridized carbons (Fsp3) is 0.450. The zero-order valence-electron chi connectivity index (χ0n) is 17.3. The number of benzene rings is 1. The molecule has 0 atom stereocenters. The van der Waals surface area contributed by atoms with Gasteiger partial charge in [-0.2, -0.15) is 4.98 Å². The van der Waals surface area contributed by atoms with Crippen LogP contribution in [0.5, 0.6) is 0 Å². The molecule has 29 heavy (non-hydrogen) atoms. The number of anilines is 1. The largest absolute Gasteiger partial charge is 0.354 e. The predicted octanol–water partition coefficient (Wildman–Crippen LogP) is 1.89. The second-order valence-electron chi connectivity index (χ2n) is 6.98. The molecule has 0 radical (unpaired) electrons. The van der Waals surface area contributed by atoms with E-state index < -0.39 is 5.69 Å². The van der Waals surface area contributed by atoms with E-state index in [2.05, 4.69) is 29.0 Å². The first-order valence-electron chi connectivity index (χ1n) is 9.74. The second-order valence-corrected chi connectivity index (χ2v) is 7.42. The number of rotatable bonds is 8. The molecule has 0 saturated carbocycles. The van der Waals surface area contributed by atoms with Crippen LogP contribution in [0.2, 0.25) is 5.02 Å². The highest BCUT2D eigenvalue weighted by Gasteiger charge is 2.18. The van der Waals surface area contributed by atoms with Crippen molar-refractivity contribution in [1.29, 1.82) is 0 Å². The van der Waals surface area contributed by atoms with Gasteiger partial charge in [0.1, 0.15) is 0 Å². The van der Waals surface area contributed by atoms with Gasteiger partial charge in [-0.25, -0.2) is 4.79 Å². The van der Waals surface area contributed by atoms with Crippen molar-refractivity contribution in [1.82, 2.24) is 23.6 Å². The van der Waals surface area contributed by atoms with Crippen molar-refractivity contribution in [3.63, 3.8) is 0 Å². The summed E-state index contributed by atoms with van der Waals surface area (Å²) in [4.78, 5) is 32.7. The molecule has 0 amide bonds. The molecule has 1 aromatic carbocycles. The lowest BCUT2D eigenvalue weighted by Crippen LogP contribution is -2.39. The first-order chi connectivity index (χ1) is 13.9. The Morgan fingerprint density at radius 2 is 1.72 bits per heavy atom. The van der Waals surface area contributed by atoms with Crippen LogP contribution in [0.3, 0.4) is 0 Å². The van der Waals surface area contributed by atoms with Crippen LogP contribution >= 0.6 is 11.6 Å². The van der Waals surface area contributed by atoms with Crippen LogP contribution < -0.4 is 16.6 Å². The minimum absolute atomic E-state index is 0.175. The summed E-state index contributed by atoms with van der Waals surface area (Å²) in [6.07, 6.45) is 0. The van der Waals surface area contributed by atoms with Gasteiger partial charge >= 0.3 is 5.69 Å². The average molecular weight is 419 g/mol. The number of likely N-dealkylation sites (N-methyl/N-ethyl adjacent to an activating group) is 1. The Bertz CT molecular complexity index is 1110. The number of imidazole rings is 1. The van der Waals surface area contributed by atoms with Crippen molar-refractivity contribution in [3.05, 3.63) is 55.7 Å². The minimum atomic E-state index is -0.398. The average Bonchev–Trinajstić information content (AvgIpc) is 3.05. The fourth-order valence-electron chi connectivity index (χ4n) is 3.38. The summed E-state index contributed by atoms with van der Waals surface area (Å²) in [5, 5.41) is 3.89. The molecule has 0 fully saturated rings. The van der Waals surface area contributed by atoms with Gasteiger partial charge in [-0.3, -0.25) is 13.9 Å². The Kier molecular flexibility index (Phi) is 6.44. The van der Waals surface area contributed by atoms with Crippen LogP contribution in [0.4, 0.5) is 5.95 Å². The Morgan fingerprint density at radius 3 is 2.34 bits per heavy atom. The predicted molar refractivity (Wildman–Crippen MR) is 117 cm³/mol. The summed E-state index contributed by atoms with van der Waals surface area (Å²) in [7, 11) is 3.42. The van der Waals surface area contributed by atoms with Gasteiger partial charge in [-0.05, 0) is 30.8 Å². The summed E-state index contributed by atoms with van der Waals surface area (Å²) < 4.78 is 4.37. The highest BCUT2D eigenvalue weighted by Crippen LogP contribution is 2.14. The van der Waals surface area contributed by atoms with Gasteiger partial charge in [0.25, 0.3) is 5.56 Å². The summed E-state index contributed by atoms with van der Waals surface area (Å²) in [5.74, 6) is 0.573. The van der Waals surface area contributed by atoms with Crippen molar-refractivity contribution in [3.8, 4) is 0 Å². The molecule has 3 aromatic rings. The minimum Gasteiger partial charge on any atom is -0.354 e. The van der Waals surface area contributed by atoms with E-state index in [9.17, 15) is 9.59 Å². The Balaban J connectivity index is 1.97. The lowest BCUT2D eigenvalue weighted by Gasteiger charge is -2.18. The molecule has 2 heterocycles. The molecule has 0 unspecified atom stereocenters. The number of nitrogens with zero attached hydrogens (tertiary/aromatic N) is 5. The number of fused-ring (bicyclic) bond motifs is 1. The third-order valence-corrected chi connectivity index (χ3v) is 5.47. The van der Waals surface area contributed by atoms with Gasteiger partial charge in [0.15, 0.2) is 11.2 Å². The molecule has 156 valence electrons. The normalized spacial score (nSPS) is 11.5. The third-order valence-electron chi connectivity index (χ3n) is 5.22. The van der Waals surface area contributed by atoms with E-state index in [4.69, 9.17) is 11.6 Å². The zero-order chi connectivity index (χ0) is 21.1. The molecule has 0 spiro atoms. The fourth-order valence-corrected chi connectivity index (χ4v) is 3.51. The third kappa shape index (κ3) is 4.23.